The fourth-order valence-corrected chi connectivity index (χ4v) is 3.12. The number of benzene rings is 3. The van der Waals surface area contributed by atoms with E-state index >= 15 is 0 Å². The molecule has 3 aromatic rings. The molecule has 144 valence electrons. The van der Waals surface area contributed by atoms with Gasteiger partial charge in [0, 0.05) is 25.4 Å². The molecule has 0 heterocycles. The number of rotatable bonds is 7. The first kappa shape index (κ1) is 20.5. The molecule has 1 N–H and O–H groups in total. The Hall–Kier alpha value is -2.25. The molecule has 0 unspecified atom stereocenters. The maximum atomic E-state index is 12.6. The van der Waals surface area contributed by atoms with E-state index in [0.717, 1.165) is 14.8 Å². The van der Waals surface area contributed by atoms with Gasteiger partial charge in [-0.1, -0.05) is 17.7 Å². The molecule has 6 heteroatoms. The van der Waals surface area contributed by atoms with Gasteiger partial charge in [-0.2, -0.15) is 0 Å². The van der Waals surface area contributed by atoms with Crippen molar-refractivity contribution in [1.29, 1.82) is 0 Å². The second-order valence-electron chi connectivity index (χ2n) is 5.96. The minimum Gasteiger partial charge on any atom is -0.493 e. The van der Waals surface area contributed by atoms with Crippen molar-refractivity contribution >= 4 is 45.8 Å². The number of halogens is 2. The van der Waals surface area contributed by atoms with Gasteiger partial charge in [0.05, 0.1) is 6.61 Å². The molecule has 0 saturated carbocycles. The summed E-state index contributed by atoms with van der Waals surface area (Å²) in [5.74, 6) is 1.16. The lowest BCUT2D eigenvalue weighted by molar-refractivity contribution is 0.102. The number of nitrogens with one attached hydrogen (secondary N) is 1. The first-order valence-corrected chi connectivity index (χ1v) is 10.2. The molecule has 0 aliphatic heterocycles. The Morgan fingerprint density at radius 3 is 2.54 bits per heavy atom. The van der Waals surface area contributed by atoms with Crippen LogP contribution in [0, 0.1) is 3.57 Å². The zero-order valence-electron chi connectivity index (χ0n) is 15.2. The van der Waals surface area contributed by atoms with Gasteiger partial charge in [-0.3, -0.25) is 4.79 Å². The zero-order chi connectivity index (χ0) is 19.9. The van der Waals surface area contributed by atoms with Gasteiger partial charge in [-0.25, -0.2) is 0 Å². The van der Waals surface area contributed by atoms with E-state index in [1.165, 1.54) is 0 Å². The van der Waals surface area contributed by atoms with Crippen LogP contribution in [-0.4, -0.2) is 12.5 Å². The summed E-state index contributed by atoms with van der Waals surface area (Å²) in [6, 6.07) is 20.2. The number of amides is 1. The highest BCUT2D eigenvalue weighted by Crippen LogP contribution is 2.24. The number of carbonyl (C=O) groups is 1. The topological polar surface area (TPSA) is 47.6 Å². The minimum atomic E-state index is -0.187. The summed E-state index contributed by atoms with van der Waals surface area (Å²) in [4.78, 5) is 12.6. The van der Waals surface area contributed by atoms with Crippen molar-refractivity contribution in [1.82, 2.24) is 0 Å². The van der Waals surface area contributed by atoms with E-state index in [2.05, 4.69) is 27.9 Å². The molecule has 28 heavy (non-hydrogen) atoms. The van der Waals surface area contributed by atoms with Crippen LogP contribution in [-0.2, 0) is 6.61 Å². The molecule has 0 radical (unpaired) electrons. The molecule has 0 spiro atoms. The summed E-state index contributed by atoms with van der Waals surface area (Å²) < 4.78 is 12.6. The highest BCUT2D eigenvalue weighted by atomic mass is 127. The van der Waals surface area contributed by atoms with Crippen molar-refractivity contribution in [2.75, 3.05) is 11.9 Å². The van der Waals surface area contributed by atoms with Crippen LogP contribution in [0.1, 0.15) is 22.8 Å². The van der Waals surface area contributed by atoms with Crippen LogP contribution >= 0.6 is 34.2 Å². The van der Waals surface area contributed by atoms with Crippen LogP contribution in [0.15, 0.2) is 66.7 Å². The Bertz CT molecular complexity index is 960. The van der Waals surface area contributed by atoms with Crippen molar-refractivity contribution in [2.45, 2.75) is 13.5 Å². The van der Waals surface area contributed by atoms with E-state index < -0.39 is 0 Å². The van der Waals surface area contributed by atoms with Crippen molar-refractivity contribution in [3.8, 4) is 11.5 Å². The number of anilines is 1. The summed E-state index contributed by atoms with van der Waals surface area (Å²) in [5, 5.41) is 3.51. The fraction of sp³-hybridized carbons (Fsp3) is 0.136. The number of hydrogen-bond acceptors (Lipinski definition) is 3. The van der Waals surface area contributed by atoms with Crippen molar-refractivity contribution in [3.63, 3.8) is 0 Å². The van der Waals surface area contributed by atoms with Crippen molar-refractivity contribution in [3.05, 3.63) is 86.4 Å². The van der Waals surface area contributed by atoms with Gasteiger partial charge >= 0.3 is 0 Å². The fourth-order valence-electron chi connectivity index (χ4n) is 2.58. The third kappa shape index (κ3) is 5.62. The largest absolute Gasteiger partial charge is 0.493 e. The molecule has 0 aliphatic rings. The third-order valence-electron chi connectivity index (χ3n) is 3.92. The van der Waals surface area contributed by atoms with E-state index in [4.69, 9.17) is 21.1 Å². The van der Waals surface area contributed by atoms with Crippen LogP contribution in [0.2, 0.25) is 5.02 Å². The van der Waals surface area contributed by atoms with Crippen molar-refractivity contribution in [2.24, 2.45) is 0 Å². The highest BCUT2D eigenvalue weighted by molar-refractivity contribution is 14.1. The smallest absolute Gasteiger partial charge is 0.255 e. The SMILES string of the molecule is CCOc1ccc(C(=O)Nc2ccc(I)cc2)cc1COc1cccc(Cl)c1. The van der Waals surface area contributed by atoms with E-state index in [1.807, 2.05) is 43.3 Å². The van der Waals surface area contributed by atoms with Crippen molar-refractivity contribution < 1.29 is 14.3 Å². The Labute approximate surface area is 183 Å². The molecule has 0 fully saturated rings. The first-order chi connectivity index (χ1) is 13.5. The molecule has 1 amide bonds. The predicted octanol–water partition coefficient (Wildman–Crippen LogP) is 6.17. The number of carbonyl (C=O) groups excluding carboxylic acids is 1. The van der Waals surface area contributed by atoms with E-state index in [0.29, 0.717) is 28.7 Å². The normalized spacial score (nSPS) is 10.4. The Morgan fingerprint density at radius 1 is 1.04 bits per heavy atom. The molecule has 0 aromatic heterocycles. The van der Waals surface area contributed by atoms with Gasteiger partial charge in [0.15, 0.2) is 0 Å². The Kier molecular flexibility index (Phi) is 7.17. The Balaban J connectivity index is 1.77. The number of ether oxygens (including phenoxy) is 2. The molecule has 3 aromatic carbocycles. The molecular formula is C22H19ClINO3. The van der Waals surface area contributed by atoms with Gasteiger partial charge < -0.3 is 14.8 Å². The zero-order valence-corrected chi connectivity index (χ0v) is 18.2. The summed E-state index contributed by atoms with van der Waals surface area (Å²) in [6.07, 6.45) is 0. The minimum absolute atomic E-state index is 0.187. The van der Waals surface area contributed by atoms with Crippen LogP contribution in [0.4, 0.5) is 5.69 Å². The molecule has 3 rings (SSSR count). The maximum absolute atomic E-state index is 12.6. The van der Waals surface area contributed by atoms with Crippen LogP contribution in [0.3, 0.4) is 0 Å². The van der Waals surface area contributed by atoms with Gasteiger partial charge in [0.2, 0.25) is 0 Å². The summed E-state index contributed by atoms with van der Waals surface area (Å²) >= 11 is 8.23. The quantitative estimate of drug-likeness (QED) is 0.389. The second-order valence-corrected chi connectivity index (χ2v) is 7.64. The van der Waals surface area contributed by atoms with E-state index in [-0.39, 0.29) is 12.5 Å². The number of hydrogen-bond donors (Lipinski definition) is 1. The lowest BCUT2D eigenvalue weighted by Crippen LogP contribution is -2.13. The van der Waals surface area contributed by atoms with Gasteiger partial charge in [0.25, 0.3) is 5.91 Å². The van der Waals surface area contributed by atoms with E-state index in [9.17, 15) is 4.79 Å². The molecule has 0 bridgehead atoms. The highest BCUT2D eigenvalue weighted by Gasteiger charge is 2.12. The van der Waals surface area contributed by atoms with Crippen LogP contribution in [0.5, 0.6) is 11.5 Å². The van der Waals surface area contributed by atoms with Gasteiger partial charge in [0.1, 0.15) is 18.1 Å². The molecule has 0 aliphatic carbocycles. The maximum Gasteiger partial charge on any atom is 0.255 e. The molecular weight excluding hydrogens is 489 g/mol. The van der Waals surface area contributed by atoms with Gasteiger partial charge in [-0.05, 0) is 90.2 Å². The lowest BCUT2D eigenvalue weighted by atomic mass is 10.1. The summed E-state index contributed by atoms with van der Waals surface area (Å²) in [5.41, 5.74) is 2.07. The summed E-state index contributed by atoms with van der Waals surface area (Å²) in [7, 11) is 0. The third-order valence-corrected chi connectivity index (χ3v) is 4.87. The molecule has 0 saturated heterocycles. The monoisotopic (exact) mass is 507 g/mol. The predicted molar refractivity (Wildman–Crippen MR) is 121 cm³/mol. The second kappa shape index (κ2) is 9.80. The Morgan fingerprint density at radius 2 is 1.82 bits per heavy atom. The standard InChI is InChI=1S/C22H19ClINO3/c1-2-27-21-11-6-15(22(26)25-19-9-7-18(24)8-10-19)12-16(21)14-28-20-5-3-4-17(23)13-20/h3-13H,2,14H2,1H3,(H,25,26). The average molecular weight is 508 g/mol. The summed E-state index contributed by atoms with van der Waals surface area (Å²) in [6.45, 7) is 2.71. The van der Waals surface area contributed by atoms with E-state index in [1.54, 1.807) is 30.3 Å². The lowest BCUT2D eigenvalue weighted by Gasteiger charge is -2.14. The van der Waals surface area contributed by atoms with Gasteiger partial charge in [-0.15, -0.1) is 0 Å². The molecule has 0 atom stereocenters. The van der Waals surface area contributed by atoms with Crippen LogP contribution in [0.25, 0.3) is 0 Å². The first-order valence-electron chi connectivity index (χ1n) is 8.76. The molecule has 4 nitrogen and oxygen atoms in total. The van der Waals surface area contributed by atoms with Crippen LogP contribution < -0.4 is 14.8 Å². The average Bonchev–Trinajstić information content (AvgIpc) is 2.69.